The number of amides is 1. The van der Waals surface area contributed by atoms with Crippen LogP contribution in [0.1, 0.15) is 32.6 Å². The van der Waals surface area contributed by atoms with Crippen LogP contribution < -0.4 is 11.1 Å². The fraction of sp³-hybridized carbons (Fsp3) is 0.800. The van der Waals surface area contributed by atoms with Gasteiger partial charge in [-0.1, -0.05) is 6.92 Å². The summed E-state index contributed by atoms with van der Waals surface area (Å²) in [5.74, 6) is 1.31. The number of carbonyl (C=O) groups excluding carboxylic acids is 1. The van der Waals surface area contributed by atoms with Crippen LogP contribution >= 0.6 is 0 Å². The third-order valence-corrected chi connectivity index (χ3v) is 2.20. The third kappa shape index (κ3) is 4.25. The van der Waals surface area contributed by atoms with Gasteiger partial charge in [-0.15, -0.1) is 0 Å². The van der Waals surface area contributed by atoms with E-state index in [9.17, 15) is 4.79 Å². The lowest BCUT2D eigenvalue weighted by molar-refractivity contribution is -0.120. The highest BCUT2D eigenvalue weighted by molar-refractivity contribution is 5.85. The second-order valence-electron chi connectivity index (χ2n) is 3.68. The second-order valence-corrected chi connectivity index (χ2v) is 3.68. The number of rotatable bonds is 6. The van der Waals surface area contributed by atoms with Gasteiger partial charge in [-0.3, -0.25) is 9.79 Å². The second kappa shape index (κ2) is 5.62. The van der Waals surface area contributed by atoms with Gasteiger partial charge in [0.25, 0.3) is 0 Å². The van der Waals surface area contributed by atoms with E-state index in [1.807, 2.05) is 6.92 Å². The van der Waals surface area contributed by atoms with Gasteiger partial charge in [-0.2, -0.15) is 0 Å². The molecule has 1 rings (SSSR count). The quantitative estimate of drug-likeness (QED) is 0.485. The standard InChI is InChI=1S/C10H19N3O/c1-2-6-12-9(14)5-7-13-10(11)8-3-4-8/h8H,2-7H2,1H3,(H2,11,13)(H,12,14). The Morgan fingerprint density at radius 1 is 1.57 bits per heavy atom. The van der Waals surface area contributed by atoms with Gasteiger partial charge in [0.15, 0.2) is 0 Å². The van der Waals surface area contributed by atoms with Crippen LogP contribution in [-0.4, -0.2) is 24.8 Å². The predicted molar refractivity (Wildman–Crippen MR) is 57.1 cm³/mol. The molecule has 1 amide bonds. The molecule has 0 radical (unpaired) electrons. The first-order valence-corrected chi connectivity index (χ1v) is 5.30. The zero-order valence-electron chi connectivity index (χ0n) is 8.75. The molecule has 4 nitrogen and oxygen atoms in total. The highest BCUT2D eigenvalue weighted by atomic mass is 16.1. The van der Waals surface area contributed by atoms with Crippen LogP contribution in [0, 0.1) is 5.92 Å². The average molecular weight is 197 g/mol. The molecule has 80 valence electrons. The molecule has 0 bridgehead atoms. The molecule has 0 aromatic carbocycles. The van der Waals surface area contributed by atoms with Crippen molar-refractivity contribution in [3.8, 4) is 0 Å². The summed E-state index contributed by atoms with van der Waals surface area (Å²) in [6, 6.07) is 0. The Hall–Kier alpha value is -1.06. The van der Waals surface area contributed by atoms with Crippen molar-refractivity contribution in [2.45, 2.75) is 32.6 Å². The molecule has 0 aromatic rings. The summed E-state index contributed by atoms with van der Waals surface area (Å²) in [7, 11) is 0. The largest absolute Gasteiger partial charge is 0.387 e. The minimum absolute atomic E-state index is 0.0687. The summed E-state index contributed by atoms with van der Waals surface area (Å²) >= 11 is 0. The number of hydrogen-bond donors (Lipinski definition) is 2. The van der Waals surface area contributed by atoms with Gasteiger partial charge in [0, 0.05) is 25.4 Å². The van der Waals surface area contributed by atoms with E-state index >= 15 is 0 Å². The van der Waals surface area contributed by atoms with E-state index in [4.69, 9.17) is 5.73 Å². The Bertz CT molecular complexity index is 221. The predicted octanol–water partition coefficient (Wildman–Crippen LogP) is 0.670. The fourth-order valence-electron chi connectivity index (χ4n) is 1.15. The molecule has 1 fully saturated rings. The van der Waals surface area contributed by atoms with Gasteiger partial charge in [0.05, 0.1) is 5.84 Å². The Labute approximate surface area is 85.0 Å². The Morgan fingerprint density at radius 2 is 2.29 bits per heavy atom. The molecule has 0 saturated heterocycles. The number of nitrogens with one attached hydrogen (secondary N) is 1. The average Bonchev–Trinajstić information content (AvgIpc) is 2.97. The molecule has 0 heterocycles. The SMILES string of the molecule is CCCNC(=O)CCN=C(N)C1CC1. The molecule has 0 spiro atoms. The minimum Gasteiger partial charge on any atom is -0.387 e. The van der Waals surface area contributed by atoms with Crippen LogP contribution in [-0.2, 0) is 4.79 Å². The number of carbonyl (C=O) groups is 1. The maximum Gasteiger partial charge on any atom is 0.221 e. The van der Waals surface area contributed by atoms with E-state index in [2.05, 4.69) is 10.3 Å². The van der Waals surface area contributed by atoms with Gasteiger partial charge in [-0.25, -0.2) is 0 Å². The number of aliphatic imine (C=N–C) groups is 1. The molecular weight excluding hydrogens is 178 g/mol. The first-order valence-electron chi connectivity index (χ1n) is 5.30. The molecule has 0 aliphatic heterocycles. The van der Waals surface area contributed by atoms with E-state index in [1.54, 1.807) is 0 Å². The van der Waals surface area contributed by atoms with Crippen LogP contribution in [0.3, 0.4) is 0 Å². The number of hydrogen-bond acceptors (Lipinski definition) is 2. The first kappa shape index (κ1) is 11.0. The van der Waals surface area contributed by atoms with E-state index in [-0.39, 0.29) is 5.91 Å². The topological polar surface area (TPSA) is 67.5 Å². The van der Waals surface area contributed by atoms with E-state index < -0.39 is 0 Å². The van der Waals surface area contributed by atoms with Crippen molar-refractivity contribution in [3.05, 3.63) is 0 Å². The van der Waals surface area contributed by atoms with Gasteiger partial charge >= 0.3 is 0 Å². The Morgan fingerprint density at radius 3 is 2.86 bits per heavy atom. The summed E-state index contributed by atoms with van der Waals surface area (Å²) in [6.45, 7) is 3.31. The summed E-state index contributed by atoms with van der Waals surface area (Å²) in [4.78, 5) is 15.3. The highest BCUT2D eigenvalue weighted by Gasteiger charge is 2.25. The number of amidine groups is 1. The summed E-state index contributed by atoms with van der Waals surface area (Å²) in [5.41, 5.74) is 5.68. The van der Waals surface area contributed by atoms with Crippen LogP contribution in [0.4, 0.5) is 0 Å². The van der Waals surface area contributed by atoms with Crippen molar-refractivity contribution in [3.63, 3.8) is 0 Å². The molecule has 0 unspecified atom stereocenters. The third-order valence-electron chi connectivity index (χ3n) is 2.20. The number of nitrogens with zero attached hydrogens (tertiary/aromatic N) is 1. The molecule has 1 aliphatic rings. The van der Waals surface area contributed by atoms with Crippen molar-refractivity contribution in [2.24, 2.45) is 16.6 Å². The van der Waals surface area contributed by atoms with Gasteiger partial charge < -0.3 is 11.1 Å². The van der Waals surface area contributed by atoms with E-state index in [0.717, 1.165) is 31.6 Å². The van der Waals surface area contributed by atoms with Crippen molar-refractivity contribution < 1.29 is 4.79 Å². The zero-order chi connectivity index (χ0) is 10.4. The zero-order valence-corrected chi connectivity index (χ0v) is 8.75. The van der Waals surface area contributed by atoms with Crippen LogP contribution in [0.25, 0.3) is 0 Å². The van der Waals surface area contributed by atoms with Crippen LogP contribution in [0.5, 0.6) is 0 Å². The van der Waals surface area contributed by atoms with Crippen LogP contribution in [0.2, 0.25) is 0 Å². The minimum atomic E-state index is 0.0687. The van der Waals surface area contributed by atoms with E-state index in [1.165, 1.54) is 0 Å². The Kier molecular flexibility index (Phi) is 4.43. The van der Waals surface area contributed by atoms with Crippen molar-refractivity contribution in [1.29, 1.82) is 0 Å². The molecule has 3 N–H and O–H groups in total. The van der Waals surface area contributed by atoms with Crippen molar-refractivity contribution in [1.82, 2.24) is 5.32 Å². The van der Waals surface area contributed by atoms with Crippen LogP contribution in [0.15, 0.2) is 4.99 Å². The number of nitrogens with two attached hydrogens (primary N) is 1. The lowest BCUT2D eigenvalue weighted by Gasteiger charge is -2.01. The lowest BCUT2D eigenvalue weighted by Crippen LogP contribution is -2.25. The lowest BCUT2D eigenvalue weighted by atomic mass is 10.3. The molecule has 1 saturated carbocycles. The molecule has 0 atom stereocenters. The summed E-state index contributed by atoms with van der Waals surface area (Å²) in [6.07, 6.45) is 3.75. The van der Waals surface area contributed by atoms with Gasteiger partial charge in [0.2, 0.25) is 5.91 Å². The summed E-state index contributed by atoms with van der Waals surface area (Å²) < 4.78 is 0. The maximum atomic E-state index is 11.1. The molecule has 0 aromatic heterocycles. The monoisotopic (exact) mass is 197 g/mol. The fourth-order valence-corrected chi connectivity index (χ4v) is 1.15. The smallest absolute Gasteiger partial charge is 0.221 e. The normalized spacial score (nSPS) is 16.8. The highest BCUT2D eigenvalue weighted by Crippen LogP contribution is 2.28. The molecular formula is C10H19N3O. The molecule has 14 heavy (non-hydrogen) atoms. The molecule has 1 aliphatic carbocycles. The molecule has 4 heteroatoms. The van der Waals surface area contributed by atoms with Crippen molar-refractivity contribution in [2.75, 3.05) is 13.1 Å². The van der Waals surface area contributed by atoms with Crippen molar-refractivity contribution >= 4 is 11.7 Å². The summed E-state index contributed by atoms with van der Waals surface area (Å²) in [5, 5.41) is 2.80. The van der Waals surface area contributed by atoms with Gasteiger partial charge in [-0.05, 0) is 19.3 Å². The Balaban J connectivity index is 2.07. The first-order chi connectivity index (χ1) is 6.74. The van der Waals surface area contributed by atoms with E-state index in [0.29, 0.717) is 18.9 Å². The van der Waals surface area contributed by atoms with Gasteiger partial charge in [0.1, 0.15) is 0 Å². The maximum absolute atomic E-state index is 11.1.